The molecule has 3 nitrogen and oxygen atoms in total. The summed E-state index contributed by atoms with van der Waals surface area (Å²) in [5, 5.41) is 1.15. The SMILES string of the molecule is CC1CCCC(C)N1C(=O)c1ccc2cc[nH]c2c1. The number of H-pyrrole nitrogens is 1. The van der Waals surface area contributed by atoms with Gasteiger partial charge in [0.15, 0.2) is 0 Å². The number of likely N-dealkylation sites (tertiary alicyclic amines) is 1. The molecule has 2 heterocycles. The van der Waals surface area contributed by atoms with Crippen LogP contribution in [0.25, 0.3) is 10.9 Å². The Morgan fingerprint density at radius 3 is 2.68 bits per heavy atom. The van der Waals surface area contributed by atoms with Crippen LogP contribution in [0.2, 0.25) is 0 Å². The summed E-state index contributed by atoms with van der Waals surface area (Å²) in [4.78, 5) is 17.9. The second kappa shape index (κ2) is 4.72. The molecule has 1 aliphatic rings. The number of aromatic amines is 1. The number of rotatable bonds is 1. The number of aromatic nitrogens is 1. The Labute approximate surface area is 113 Å². The second-order valence-corrected chi connectivity index (χ2v) is 5.62. The first kappa shape index (κ1) is 12.3. The molecule has 3 rings (SSSR count). The molecule has 3 heteroatoms. The van der Waals surface area contributed by atoms with Crippen LogP contribution in [0.5, 0.6) is 0 Å². The minimum absolute atomic E-state index is 0.163. The smallest absolute Gasteiger partial charge is 0.254 e. The molecule has 1 N–H and O–H groups in total. The Balaban J connectivity index is 1.93. The second-order valence-electron chi connectivity index (χ2n) is 5.62. The topological polar surface area (TPSA) is 36.1 Å². The molecule has 0 aliphatic carbocycles. The number of benzene rings is 1. The molecule has 0 radical (unpaired) electrons. The third-order valence-corrected chi connectivity index (χ3v) is 4.23. The van der Waals surface area contributed by atoms with E-state index < -0.39 is 0 Å². The van der Waals surface area contributed by atoms with Crippen molar-refractivity contribution in [1.29, 1.82) is 0 Å². The summed E-state index contributed by atoms with van der Waals surface area (Å²) < 4.78 is 0. The summed E-state index contributed by atoms with van der Waals surface area (Å²) in [6.07, 6.45) is 5.36. The van der Waals surface area contributed by atoms with Gasteiger partial charge in [-0.15, -0.1) is 0 Å². The quantitative estimate of drug-likeness (QED) is 0.832. The number of hydrogen-bond acceptors (Lipinski definition) is 1. The van der Waals surface area contributed by atoms with E-state index in [-0.39, 0.29) is 5.91 Å². The van der Waals surface area contributed by atoms with Gasteiger partial charge in [0, 0.05) is 29.4 Å². The fourth-order valence-corrected chi connectivity index (χ4v) is 3.15. The maximum atomic E-state index is 12.7. The van der Waals surface area contributed by atoms with Crippen LogP contribution in [0, 0.1) is 0 Å². The van der Waals surface area contributed by atoms with Crippen LogP contribution in [0.15, 0.2) is 30.5 Å². The van der Waals surface area contributed by atoms with Crippen LogP contribution in [0.4, 0.5) is 0 Å². The molecule has 2 atom stereocenters. The van der Waals surface area contributed by atoms with Gasteiger partial charge in [0.25, 0.3) is 5.91 Å². The predicted octanol–water partition coefficient (Wildman–Crippen LogP) is 3.57. The van der Waals surface area contributed by atoms with Crippen LogP contribution in [0.3, 0.4) is 0 Å². The summed E-state index contributed by atoms with van der Waals surface area (Å²) >= 11 is 0. The van der Waals surface area contributed by atoms with E-state index in [9.17, 15) is 4.79 Å². The lowest BCUT2D eigenvalue weighted by atomic mass is 9.96. The Morgan fingerprint density at radius 2 is 1.95 bits per heavy atom. The van der Waals surface area contributed by atoms with Gasteiger partial charge in [0.2, 0.25) is 0 Å². The number of amides is 1. The highest BCUT2D eigenvalue weighted by atomic mass is 16.2. The molecule has 19 heavy (non-hydrogen) atoms. The van der Waals surface area contributed by atoms with Crippen LogP contribution in [-0.2, 0) is 0 Å². The van der Waals surface area contributed by atoms with Crippen LogP contribution in [0.1, 0.15) is 43.5 Å². The highest BCUT2D eigenvalue weighted by molar-refractivity contribution is 5.98. The van der Waals surface area contributed by atoms with Crippen LogP contribution in [-0.4, -0.2) is 27.9 Å². The van der Waals surface area contributed by atoms with Crippen molar-refractivity contribution < 1.29 is 4.79 Å². The standard InChI is InChI=1S/C16H20N2O/c1-11-4-3-5-12(2)18(11)16(19)14-7-6-13-8-9-17-15(13)10-14/h6-12,17H,3-5H2,1-2H3. The van der Waals surface area contributed by atoms with Crippen molar-refractivity contribution in [3.8, 4) is 0 Å². The van der Waals surface area contributed by atoms with Gasteiger partial charge < -0.3 is 9.88 Å². The van der Waals surface area contributed by atoms with Crippen molar-refractivity contribution in [2.24, 2.45) is 0 Å². The van der Waals surface area contributed by atoms with Crippen molar-refractivity contribution in [3.05, 3.63) is 36.0 Å². The first-order valence-corrected chi connectivity index (χ1v) is 7.06. The zero-order valence-corrected chi connectivity index (χ0v) is 11.5. The molecule has 2 aromatic rings. The van der Waals surface area contributed by atoms with Crippen LogP contribution < -0.4 is 0 Å². The van der Waals surface area contributed by atoms with Gasteiger partial charge in [-0.1, -0.05) is 6.07 Å². The average Bonchev–Trinajstić information content (AvgIpc) is 2.85. The van der Waals surface area contributed by atoms with E-state index in [4.69, 9.17) is 0 Å². The summed E-state index contributed by atoms with van der Waals surface area (Å²) in [5.74, 6) is 0.163. The van der Waals surface area contributed by atoms with Gasteiger partial charge in [0.1, 0.15) is 0 Å². The average molecular weight is 256 g/mol. The van der Waals surface area contributed by atoms with Gasteiger partial charge >= 0.3 is 0 Å². The number of carbonyl (C=O) groups excluding carboxylic acids is 1. The number of carbonyl (C=O) groups is 1. The van der Waals surface area contributed by atoms with Crippen molar-refractivity contribution in [1.82, 2.24) is 9.88 Å². The van der Waals surface area contributed by atoms with Crippen molar-refractivity contribution in [2.75, 3.05) is 0 Å². The molecule has 1 fully saturated rings. The summed E-state index contributed by atoms with van der Waals surface area (Å²) in [6, 6.07) is 8.62. The molecule has 1 aliphatic heterocycles. The van der Waals surface area contributed by atoms with E-state index in [2.05, 4.69) is 18.8 Å². The molecule has 2 unspecified atom stereocenters. The molecular formula is C16H20N2O. The monoisotopic (exact) mass is 256 g/mol. The van der Waals surface area contributed by atoms with E-state index in [0.29, 0.717) is 12.1 Å². The van der Waals surface area contributed by atoms with E-state index >= 15 is 0 Å². The fourth-order valence-electron chi connectivity index (χ4n) is 3.15. The largest absolute Gasteiger partial charge is 0.361 e. The highest BCUT2D eigenvalue weighted by Gasteiger charge is 2.29. The van der Waals surface area contributed by atoms with E-state index in [0.717, 1.165) is 29.3 Å². The van der Waals surface area contributed by atoms with E-state index in [1.807, 2.05) is 35.4 Å². The molecule has 0 spiro atoms. The molecule has 0 bridgehead atoms. The maximum Gasteiger partial charge on any atom is 0.254 e. The highest BCUT2D eigenvalue weighted by Crippen LogP contribution is 2.25. The maximum absolute atomic E-state index is 12.7. The lowest BCUT2D eigenvalue weighted by molar-refractivity contribution is 0.0511. The van der Waals surface area contributed by atoms with Gasteiger partial charge in [0.05, 0.1) is 0 Å². The zero-order valence-electron chi connectivity index (χ0n) is 11.5. The Bertz CT molecular complexity index is 592. The minimum Gasteiger partial charge on any atom is -0.361 e. The molecular weight excluding hydrogens is 236 g/mol. The molecule has 1 aromatic carbocycles. The fraction of sp³-hybridized carbons (Fsp3) is 0.438. The number of fused-ring (bicyclic) bond motifs is 1. The van der Waals surface area contributed by atoms with Gasteiger partial charge in [-0.05, 0) is 56.7 Å². The normalized spacial score (nSPS) is 23.8. The number of piperidine rings is 1. The molecule has 0 saturated carbocycles. The predicted molar refractivity (Wildman–Crippen MR) is 77.2 cm³/mol. The number of nitrogens with zero attached hydrogens (tertiary/aromatic N) is 1. The van der Waals surface area contributed by atoms with Crippen molar-refractivity contribution in [2.45, 2.75) is 45.2 Å². The van der Waals surface area contributed by atoms with Crippen LogP contribution >= 0.6 is 0 Å². The zero-order chi connectivity index (χ0) is 13.4. The Morgan fingerprint density at radius 1 is 1.21 bits per heavy atom. The van der Waals surface area contributed by atoms with E-state index in [1.54, 1.807) is 0 Å². The third-order valence-electron chi connectivity index (χ3n) is 4.23. The van der Waals surface area contributed by atoms with Gasteiger partial charge in [-0.25, -0.2) is 0 Å². The lowest BCUT2D eigenvalue weighted by Crippen LogP contribution is -2.47. The Kier molecular flexibility index (Phi) is 3.05. The summed E-state index contributed by atoms with van der Waals surface area (Å²) in [6.45, 7) is 4.31. The van der Waals surface area contributed by atoms with Crippen molar-refractivity contribution in [3.63, 3.8) is 0 Å². The Hall–Kier alpha value is -1.77. The molecule has 1 aromatic heterocycles. The number of nitrogens with one attached hydrogen (secondary N) is 1. The number of hydrogen-bond donors (Lipinski definition) is 1. The summed E-state index contributed by atoms with van der Waals surface area (Å²) in [7, 11) is 0. The summed E-state index contributed by atoms with van der Waals surface area (Å²) in [5.41, 5.74) is 1.82. The lowest BCUT2D eigenvalue weighted by Gasteiger charge is -2.39. The minimum atomic E-state index is 0.163. The van der Waals surface area contributed by atoms with Crippen molar-refractivity contribution >= 4 is 16.8 Å². The third kappa shape index (κ3) is 2.14. The van der Waals surface area contributed by atoms with Gasteiger partial charge in [-0.2, -0.15) is 0 Å². The molecule has 1 amide bonds. The van der Waals surface area contributed by atoms with E-state index in [1.165, 1.54) is 6.42 Å². The first-order chi connectivity index (χ1) is 9.16. The molecule has 100 valence electrons. The molecule has 1 saturated heterocycles. The van der Waals surface area contributed by atoms with Gasteiger partial charge in [-0.3, -0.25) is 4.79 Å². The first-order valence-electron chi connectivity index (χ1n) is 7.06.